The standard InChI is InChI=1S/C13H13ClN2/c14-13-3-1-2-11-9(4-5-12(11)13)6-10-7-15-8-16-10/h1-3,7-9H,4-6H2,(H,15,16). The molecule has 1 unspecified atom stereocenters. The second-order valence-corrected chi connectivity index (χ2v) is 4.73. The van der Waals surface area contributed by atoms with E-state index in [1.54, 1.807) is 6.33 Å². The molecule has 0 spiro atoms. The topological polar surface area (TPSA) is 28.7 Å². The lowest BCUT2D eigenvalue weighted by Crippen LogP contribution is -1.98. The zero-order chi connectivity index (χ0) is 11.0. The molecular formula is C13H13ClN2. The van der Waals surface area contributed by atoms with E-state index in [9.17, 15) is 0 Å². The zero-order valence-corrected chi connectivity index (χ0v) is 9.67. The highest BCUT2D eigenvalue weighted by Crippen LogP contribution is 2.38. The van der Waals surface area contributed by atoms with E-state index in [1.807, 2.05) is 18.3 Å². The van der Waals surface area contributed by atoms with E-state index in [2.05, 4.69) is 16.0 Å². The van der Waals surface area contributed by atoms with Crippen LogP contribution in [0.3, 0.4) is 0 Å². The molecule has 0 bridgehead atoms. The molecule has 1 aliphatic rings. The van der Waals surface area contributed by atoms with Gasteiger partial charge in [0, 0.05) is 16.9 Å². The van der Waals surface area contributed by atoms with Gasteiger partial charge in [-0.05, 0) is 42.4 Å². The van der Waals surface area contributed by atoms with Gasteiger partial charge in [-0.2, -0.15) is 0 Å². The van der Waals surface area contributed by atoms with Gasteiger partial charge in [-0.25, -0.2) is 4.98 Å². The number of nitrogens with one attached hydrogen (secondary N) is 1. The summed E-state index contributed by atoms with van der Waals surface area (Å²) in [6.07, 6.45) is 6.98. The van der Waals surface area contributed by atoms with Gasteiger partial charge in [0.05, 0.1) is 6.33 Å². The molecule has 0 aliphatic heterocycles. The molecule has 2 aromatic rings. The quantitative estimate of drug-likeness (QED) is 0.845. The average molecular weight is 233 g/mol. The Morgan fingerprint density at radius 2 is 2.38 bits per heavy atom. The molecule has 0 fully saturated rings. The Morgan fingerprint density at radius 3 is 3.19 bits per heavy atom. The molecule has 1 aromatic heterocycles. The fourth-order valence-corrected chi connectivity index (χ4v) is 2.85. The van der Waals surface area contributed by atoms with Crippen LogP contribution in [0.1, 0.15) is 29.2 Å². The number of benzene rings is 1. The lowest BCUT2D eigenvalue weighted by Gasteiger charge is -2.10. The summed E-state index contributed by atoms with van der Waals surface area (Å²) in [6.45, 7) is 0. The molecule has 1 aliphatic carbocycles. The number of aromatic nitrogens is 2. The SMILES string of the molecule is Clc1cccc2c1CCC2Cc1cnc[nH]1. The summed E-state index contributed by atoms with van der Waals surface area (Å²) < 4.78 is 0. The highest BCUT2D eigenvalue weighted by Gasteiger charge is 2.24. The Morgan fingerprint density at radius 1 is 1.44 bits per heavy atom. The second kappa shape index (κ2) is 3.95. The molecule has 0 saturated heterocycles. The van der Waals surface area contributed by atoms with Gasteiger partial charge in [0.25, 0.3) is 0 Å². The van der Waals surface area contributed by atoms with Gasteiger partial charge < -0.3 is 4.98 Å². The summed E-state index contributed by atoms with van der Waals surface area (Å²) in [5.74, 6) is 0.592. The minimum Gasteiger partial charge on any atom is -0.348 e. The van der Waals surface area contributed by atoms with Crippen LogP contribution in [0.5, 0.6) is 0 Å². The van der Waals surface area contributed by atoms with Gasteiger partial charge in [0.1, 0.15) is 0 Å². The first-order valence-electron chi connectivity index (χ1n) is 5.59. The van der Waals surface area contributed by atoms with Crippen molar-refractivity contribution in [1.82, 2.24) is 9.97 Å². The van der Waals surface area contributed by atoms with Crippen molar-refractivity contribution in [3.05, 3.63) is 52.6 Å². The Bertz CT molecular complexity index is 491. The molecule has 16 heavy (non-hydrogen) atoms. The predicted octanol–water partition coefficient (Wildman–Crippen LogP) is 3.34. The zero-order valence-electron chi connectivity index (χ0n) is 8.91. The van der Waals surface area contributed by atoms with Gasteiger partial charge in [0.2, 0.25) is 0 Å². The maximum Gasteiger partial charge on any atom is 0.0921 e. The van der Waals surface area contributed by atoms with Gasteiger partial charge in [-0.15, -0.1) is 0 Å². The molecule has 0 amide bonds. The minimum absolute atomic E-state index is 0.592. The highest BCUT2D eigenvalue weighted by atomic mass is 35.5. The minimum atomic E-state index is 0.592. The van der Waals surface area contributed by atoms with Gasteiger partial charge in [-0.1, -0.05) is 23.7 Å². The summed E-state index contributed by atoms with van der Waals surface area (Å²) in [5, 5.41) is 0.921. The summed E-state index contributed by atoms with van der Waals surface area (Å²) in [6, 6.07) is 6.24. The van der Waals surface area contributed by atoms with E-state index in [4.69, 9.17) is 11.6 Å². The third-order valence-electron chi connectivity index (χ3n) is 3.36. The van der Waals surface area contributed by atoms with E-state index in [-0.39, 0.29) is 0 Å². The number of halogens is 1. The van der Waals surface area contributed by atoms with Gasteiger partial charge in [-0.3, -0.25) is 0 Å². The molecule has 0 radical (unpaired) electrons. The van der Waals surface area contributed by atoms with Crippen LogP contribution in [-0.4, -0.2) is 9.97 Å². The Balaban J connectivity index is 1.89. The fraction of sp³-hybridized carbons (Fsp3) is 0.308. The van der Waals surface area contributed by atoms with Crippen LogP contribution in [-0.2, 0) is 12.8 Å². The lowest BCUT2D eigenvalue weighted by molar-refractivity contribution is 0.666. The maximum absolute atomic E-state index is 6.20. The number of nitrogens with zero attached hydrogens (tertiary/aromatic N) is 1. The number of hydrogen-bond acceptors (Lipinski definition) is 1. The van der Waals surface area contributed by atoms with E-state index in [0.717, 1.165) is 17.9 Å². The van der Waals surface area contributed by atoms with Crippen LogP contribution in [0.2, 0.25) is 5.02 Å². The van der Waals surface area contributed by atoms with E-state index < -0.39 is 0 Å². The van der Waals surface area contributed by atoms with Crippen molar-refractivity contribution in [3.63, 3.8) is 0 Å². The van der Waals surface area contributed by atoms with Crippen LogP contribution >= 0.6 is 11.6 Å². The molecule has 3 rings (SSSR count). The third kappa shape index (κ3) is 1.63. The first-order valence-corrected chi connectivity index (χ1v) is 5.97. The molecule has 1 N–H and O–H groups in total. The monoisotopic (exact) mass is 232 g/mol. The first-order chi connectivity index (χ1) is 7.84. The summed E-state index contributed by atoms with van der Waals surface area (Å²) in [5.41, 5.74) is 3.97. The van der Waals surface area contributed by atoms with Crippen LogP contribution in [0, 0.1) is 0 Å². The maximum atomic E-state index is 6.20. The Kier molecular flexibility index (Phi) is 2.44. The van der Waals surface area contributed by atoms with Crippen molar-refractivity contribution in [1.29, 1.82) is 0 Å². The van der Waals surface area contributed by atoms with Crippen molar-refractivity contribution in [2.24, 2.45) is 0 Å². The van der Waals surface area contributed by atoms with Gasteiger partial charge in [0.15, 0.2) is 0 Å². The van der Waals surface area contributed by atoms with E-state index >= 15 is 0 Å². The lowest BCUT2D eigenvalue weighted by atomic mass is 9.96. The predicted molar refractivity (Wildman–Crippen MR) is 64.8 cm³/mol. The summed E-state index contributed by atoms with van der Waals surface area (Å²) in [7, 11) is 0. The van der Waals surface area contributed by atoms with Crippen molar-refractivity contribution >= 4 is 11.6 Å². The fourth-order valence-electron chi connectivity index (χ4n) is 2.57. The van der Waals surface area contributed by atoms with Crippen LogP contribution < -0.4 is 0 Å². The molecule has 1 heterocycles. The number of fused-ring (bicyclic) bond motifs is 1. The van der Waals surface area contributed by atoms with Crippen LogP contribution in [0.4, 0.5) is 0 Å². The highest BCUT2D eigenvalue weighted by molar-refractivity contribution is 6.31. The number of imidazole rings is 1. The van der Waals surface area contributed by atoms with E-state index in [1.165, 1.54) is 23.2 Å². The van der Waals surface area contributed by atoms with Crippen molar-refractivity contribution in [2.45, 2.75) is 25.2 Å². The number of rotatable bonds is 2. The molecule has 2 nitrogen and oxygen atoms in total. The smallest absolute Gasteiger partial charge is 0.0921 e. The Labute approximate surface area is 99.7 Å². The third-order valence-corrected chi connectivity index (χ3v) is 3.71. The molecule has 82 valence electrons. The largest absolute Gasteiger partial charge is 0.348 e. The summed E-state index contributed by atoms with van der Waals surface area (Å²) in [4.78, 5) is 7.22. The summed E-state index contributed by atoms with van der Waals surface area (Å²) >= 11 is 6.20. The van der Waals surface area contributed by atoms with Crippen LogP contribution in [0.25, 0.3) is 0 Å². The van der Waals surface area contributed by atoms with Gasteiger partial charge >= 0.3 is 0 Å². The molecule has 3 heteroatoms. The molecule has 1 atom stereocenters. The number of H-pyrrole nitrogens is 1. The molecule has 1 aromatic carbocycles. The van der Waals surface area contributed by atoms with Crippen molar-refractivity contribution in [3.8, 4) is 0 Å². The number of hydrogen-bond donors (Lipinski definition) is 1. The van der Waals surface area contributed by atoms with Crippen LogP contribution in [0.15, 0.2) is 30.7 Å². The molecule has 0 saturated carbocycles. The van der Waals surface area contributed by atoms with Crippen molar-refractivity contribution in [2.75, 3.05) is 0 Å². The first kappa shape index (κ1) is 9.91. The molecular weight excluding hydrogens is 220 g/mol. The van der Waals surface area contributed by atoms with E-state index in [0.29, 0.717) is 5.92 Å². The number of aromatic amines is 1. The average Bonchev–Trinajstić information content (AvgIpc) is 2.90. The Hall–Kier alpha value is -1.28. The van der Waals surface area contributed by atoms with Crippen molar-refractivity contribution < 1.29 is 0 Å². The second-order valence-electron chi connectivity index (χ2n) is 4.32. The normalized spacial score (nSPS) is 18.7.